The smallest absolute Gasteiger partial charge is 0.303 e. The normalized spacial score (nSPS) is 11.0. The van der Waals surface area contributed by atoms with Gasteiger partial charge in [-0.05, 0) is 12.1 Å². The third-order valence-electron chi connectivity index (χ3n) is 2.53. The van der Waals surface area contributed by atoms with Gasteiger partial charge in [0.1, 0.15) is 0 Å². The molecule has 0 saturated carbocycles. The van der Waals surface area contributed by atoms with Gasteiger partial charge in [0.25, 0.3) is 5.22 Å². The number of hydrogen-bond acceptors (Lipinski definition) is 8. The third kappa shape index (κ3) is 3.37. The van der Waals surface area contributed by atoms with E-state index in [0.29, 0.717) is 33.9 Å². The molecule has 0 bridgehead atoms. The molecule has 0 radical (unpaired) electrons. The maximum Gasteiger partial charge on any atom is 0.303 e. The van der Waals surface area contributed by atoms with E-state index in [9.17, 15) is 4.79 Å². The van der Waals surface area contributed by atoms with Gasteiger partial charge in [-0.15, -0.1) is 0 Å². The molecule has 0 aliphatic heterocycles. The second-order valence-corrected chi connectivity index (χ2v) is 5.02. The van der Waals surface area contributed by atoms with Crippen molar-refractivity contribution < 1.29 is 18.8 Å². The average Bonchev–Trinajstić information content (AvgIpc) is 3.09. The number of aliphatic carboxylic acids is 1. The molecule has 0 unspecified atom stereocenters. The quantitative estimate of drug-likeness (QED) is 0.681. The number of carboxylic acid groups (broad SMARTS) is 1. The van der Waals surface area contributed by atoms with E-state index in [2.05, 4.69) is 20.1 Å². The highest BCUT2D eigenvalue weighted by Gasteiger charge is 2.11. The van der Waals surface area contributed by atoms with E-state index in [1.165, 1.54) is 11.8 Å². The summed E-state index contributed by atoms with van der Waals surface area (Å²) in [6.45, 7) is 0. The van der Waals surface area contributed by atoms with Crippen molar-refractivity contribution in [3.8, 4) is 0 Å². The third-order valence-corrected chi connectivity index (χ3v) is 3.36. The zero-order valence-electron chi connectivity index (χ0n) is 10.7. The van der Waals surface area contributed by atoms with Gasteiger partial charge in [0.05, 0.1) is 12.2 Å². The molecule has 21 heavy (non-hydrogen) atoms. The van der Waals surface area contributed by atoms with Crippen LogP contribution in [0, 0.1) is 0 Å². The van der Waals surface area contributed by atoms with Crippen molar-refractivity contribution in [2.75, 3.05) is 0 Å². The molecule has 0 atom stereocenters. The first-order valence-electron chi connectivity index (χ1n) is 6.08. The molecule has 1 N–H and O–H groups in total. The first-order chi connectivity index (χ1) is 10.2. The Labute approximate surface area is 122 Å². The van der Waals surface area contributed by atoms with Crippen LogP contribution < -0.4 is 0 Å². The predicted molar refractivity (Wildman–Crippen MR) is 71.6 cm³/mol. The second kappa shape index (κ2) is 5.92. The summed E-state index contributed by atoms with van der Waals surface area (Å²) < 4.78 is 10.5. The Kier molecular flexibility index (Phi) is 3.82. The Morgan fingerprint density at radius 3 is 3.10 bits per heavy atom. The fourth-order valence-electron chi connectivity index (χ4n) is 1.60. The van der Waals surface area contributed by atoms with Crippen LogP contribution in [-0.2, 0) is 17.0 Å². The van der Waals surface area contributed by atoms with Crippen LogP contribution in [0.4, 0.5) is 0 Å². The monoisotopic (exact) mass is 306 g/mol. The van der Waals surface area contributed by atoms with Crippen LogP contribution in [0.5, 0.6) is 0 Å². The molecule has 0 aliphatic carbocycles. The van der Waals surface area contributed by atoms with Crippen LogP contribution in [0.1, 0.15) is 18.1 Å². The molecule has 0 fully saturated rings. The molecule has 3 aromatic rings. The van der Waals surface area contributed by atoms with Crippen molar-refractivity contribution in [3.05, 3.63) is 30.0 Å². The largest absolute Gasteiger partial charge is 0.481 e. The lowest BCUT2D eigenvalue weighted by Gasteiger charge is -1.89. The van der Waals surface area contributed by atoms with Gasteiger partial charge < -0.3 is 14.0 Å². The number of thioether (sulfide) groups is 1. The van der Waals surface area contributed by atoms with Crippen LogP contribution in [0.3, 0.4) is 0 Å². The molecule has 0 saturated heterocycles. The Balaban J connectivity index is 1.60. The number of hydrogen-bond donors (Lipinski definition) is 1. The van der Waals surface area contributed by atoms with E-state index < -0.39 is 5.97 Å². The molecular formula is C12H10N4O4S. The Hall–Kier alpha value is -2.42. The second-order valence-electron chi connectivity index (χ2n) is 4.09. The number of carbonyl (C=O) groups is 1. The van der Waals surface area contributed by atoms with Gasteiger partial charge in [0.15, 0.2) is 17.1 Å². The minimum Gasteiger partial charge on any atom is -0.481 e. The van der Waals surface area contributed by atoms with Crippen LogP contribution >= 0.6 is 11.8 Å². The minimum absolute atomic E-state index is 0.0361. The number of rotatable bonds is 6. The summed E-state index contributed by atoms with van der Waals surface area (Å²) in [4.78, 5) is 22.9. The zero-order chi connectivity index (χ0) is 14.7. The number of fused-ring (bicyclic) bond motifs is 1. The van der Waals surface area contributed by atoms with Gasteiger partial charge in [0.2, 0.25) is 5.89 Å². The molecule has 0 aliphatic rings. The van der Waals surface area contributed by atoms with Gasteiger partial charge in [-0.25, -0.2) is 4.98 Å². The lowest BCUT2D eigenvalue weighted by molar-refractivity contribution is -0.137. The fourth-order valence-corrected chi connectivity index (χ4v) is 2.27. The predicted octanol–water partition coefficient (Wildman–Crippen LogP) is 1.92. The number of oxazole rings is 1. The number of aromatic nitrogens is 4. The Bertz CT molecular complexity index is 736. The van der Waals surface area contributed by atoms with E-state index in [1.54, 1.807) is 18.3 Å². The molecular weight excluding hydrogens is 296 g/mol. The highest BCUT2D eigenvalue weighted by molar-refractivity contribution is 7.98. The van der Waals surface area contributed by atoms with Gasteiger partial charge in [0, 0.05) is 12.6 Å². The van der Waals surface area contributed by atoms with Crippen molar-refractivity contribution in [2.45, 2.75) is 23.8 Å². The molecule has 3 aromatic heterocycles. The molecule has 0 amide bonds. The lowest BCUT2D eigenvalue weighted by atomic mass is 10.3. The summed E-state index contributed by atoms with van der Waals surface area (Å²) in [6, 6.07) is 3.56. The van der Waals surface area contributed by atoms with Crippen molar-refractivity contribution in [1.29, 1.82) is 0 Å². The zero-order valence-corrected chi connectivity index (χ0v) is 11.5. The topological polar surface area (TPSA) is 115 Å². The molecule has 0 aromatic carbocycles. The average molecular weight is 306 g/mol. The lowest BCUT2D eigenvalue weighted by Crippen LogP contribution is -1.97. The van der Waals surface area contributed by atoms with E-state index in [4.69, 9.17) is 14.0 Å². The molecule has 3 rings (SSSR count). The number of carboxylic acids is 1. The molecule has 9 heteroatoms. The molecule has 3 heterocycles. The van der Waals surface area contributed by atoms with Gasteiger partial charge in [-0.2, -0.15) is 9.97 Å². The van der Waals surface area contributed by atoms with Crippen LogP contribution in [0.2, 0.25) is 0 Å². The summed E-state index contributed by atoms with van der Waals surface area (Å²) in [5.41, 5.74) is 1.17. The summed E-state index contributed by atoms with van der Waals surface area (Å²) >= 11 is 1.32. The van der Waals surface area contributed by atoms with Crippen molar-refractivity contribution >= 4 is 29.0 Å². The minimum atomic E-state index is -0.900. The first-order valence-corrected chi connectivity index (χ1v) is 7.07. The van der Waals surface area contributed by atoms with E-state index >= 15 is 0 Å². The Morgan fingerprint density at radius 2 is 2.29 bits per heavy atom. The number of aryl methyl sites for hydroxylation is 1. The van der Waals surface area contributed by atoms with Gasteiger partial charge in [-0.1, -0.05) is 16.9 Å². The number of nitrogens with zero attached hydrogens (tertiary/aromatic N) is 4. The summed E-state index contributed by atoms with van der Waals surface area (Å²) in [5.74, 6) is 0.301. The standard InChI is InChI=1S/C12H10N4O4S/c17-10(18)4-3-9-14-8(16-20-9)6-21-12-15-11-7(19-12)2-1-5-13-11/h1-2,5H,3-4,6H2,(H,17,18). The summed E-state index contributed by atoms with van der Waals surface area (Å²) in [5, 5.41) is 12.8. The van der Waals surface area contributed by atoms with Gasteiger partial charge in [-0.3, -0.25) is 4.79 Å². The van der Waals surface area contributed by atoms with Crippen LogP contribution in [-0.4, -0.2) is 31.2 Å². The van der Waals surface area contributed by atoms with E-state index in [1.807, 2.05) is 0 Å². The number of pyridine rings is 1. The first kappa shape index (κ1) is 13.6. The molecule has 0 spiro atoms. The molecule has 8 nitrogen and oxygen atoms in total. The van der Waals surface area contributed by atoms with Crippen LogP contribution in [0.15, 0.2) is 32.5 Å². The van der Waals surface area contributed by atoms with Crippen molar-refractivity contribution in [2.24, 2.45) is 0 Å². The Morgan fingerprint density at radius 1 is 1.38 bits per heavy atom. The van der Waals surface area contributed by atoms with Crippen molar-refractivity contribution in [3.63, 3.8) is 0 Å². The van der Waals surface area contributed by atoms with E-state index in [0.717, 1.165) is 0 Å². The fraction of sp³-hybridized carbons (Fsp3) is 0.250. The summed E-state index contributed by atoms with van der Waals surface area (Å²) in [6.07, 6.45) is 1.83. The van der Waals surface area contributed by atoms with Gasteiger partial charge >= 0.3 is 5.97 Å². The maximum absolute atomic E-state index is 10.5. The van der Waals surface area contributed by atoms with Crippen molar-refractivity contribution in [1.82, 2.24) is 20.1 Å². The SMILES string of the molecule is O=C(O)CCc1nc(CSc2nc3ncccc3o2)no1. The highest BCUT2D eigenvalue weighted by Crippen LogP contribution is 2.24. The highest BCUT2D eigenvalue weighted by atomic mass is 32.2. The summed E-state index contributed by atoms with van der Waals surface area (Å²) in [7, 11) is 0. The van der Waals surface area contributed by atoms with Crippen LogP contribution in [0.25, 0.3) is 11.2 Å². The maximum atomic E-state index is 10.5. The molecule has 108 valence electrons. The van der Waals surface area contributed by atoms with E-state index in [-0.39, 0.29) is 12.8 Å².